The summed E-state index contributed by atoms with van der Waals surface area (Å²) in [5, 5.41) is 0. The molecule has 160 valence electrons. The number of nitrogens with zero attached hydrogens (tertiary/aromatic N) is 1. The predicted molar refractivity (Wildman–Crippen MR) is 114 cm³/mol. The van der Waals surface area contributed by atoms with Gasteiger partial charge in [-0.15, -0.1) is 0 Å². The zero-order chi connectivity index (χ0) is 20.7. The van der Waals surface area contributed by atoms with E-state index in [-0.39, 0.29) is 35.1 Å². The van der Waals surface area contributed by atoms with Gasteiger partial charge in [0.05, 0.1) is 19.1 Å². The number of amides is 1. The Morgan fingerprint density at radius 1 is 1.25 bits per heavy atom. The van der Waals surface area contributed by atoms with Crippen LogP contribution in [0, 0.1) is 0 Å². The molecule has 6 nitrogen and oxygen atoms in total. The van der Waals surface area contributed by atoms with Crippen molar-refractivity contribution in [3.05, 3.63) is 11.8 Å². The summed E-state index contributed by atoms with van der Waals surface area (Å²) in [6.07, 6.45) is 4.16. The Morgan fingerprint density at radius 3 is 2.64 bits per heavy atom. The lowest BCUT2D eigenvalue weighted by molar-refractivity contribution is -0.145. The highest BCUT2D eigenvalue weighted by Gasteiger charge is 2.41. The highest BCUT2D eigenvalue weighted by molar-refractivity contribution is 8.77. The van der Waals surface area contributed by atoms with Gasteiger partial charge in [-0.05, 0) is 19.3 Å². The maximum absolute atomic E-state index is 12.4. The second-order valence-electron chi connectivity index (χ2n) is 8.12. The molecule has 0 aliphatic carbocycles. The van der Waals surface area contributed by atoms with Crippen LogP contribution in [0.4, 0.5) is 0 Å². The van der Waals surface area contributed by atoms with Crippen molar-refractivity contribution in [2.75, 3.05) is 26.6 Å². The number of methoxy groups -OCH3 is 2. The third-order valence-corrected chi connectivity index (χ3v) is 8.04. The van der Waals surface area contributed by atoms with Crippen LogP contribution in [0.15, 0.2) is 11.8 Å². The van der Waals surface area contributed by atoms with Crippen LogP contribution in [0.3, 0.4) is 0 Å². The first-order valence-electron chi connectivity index (χ1n) is 9.78. The molecule has 0 aromatic heterocycles. The fourth-order valence-corrected chi connectivity index (χ4v) is 5.65. The van der Waals surface area contributed by atoms with E-state index >= 15 is 0 Å². The highest BCUT2D eigenvalue weighted by atomic mass is 33.1. The molecule has 2 rings (SSSR count). The number of carbonyl (C=O) groups is 2. The predicted octanol–water partition coefficient (Wildman–Crippen LogP) is 3.80. The van der Waals surface area contributed by atoms with E-state index in [2.05, 4.69) is 20.8 Å². The number of hydrogen-bond acceptors (Lipinski definition) is 7. The minimum Gasteiger partial charge on any atom is -0.382 e. The van der Waals surface area contributed by atoms with Crippen LogP contribution in [-0.2, 0) is 23.8 Å². The number of allylic oxidation sites excluding steroid dienone is 1. The molecular weight excluding hydrogens is 398 g/mol. The van der Waals surface area contributed by atoms with Crippen molar-refractivity contribution >= 4 is 33.3 Å². The van der Waals surface area contributed by atoms with Gasteiger partial charge in [0, 0.05) is 42.9 Å². The Morgan fingerprint density at radius 2 is 2.00 bits per heavy atom. The van der Waals surface area contributed by atoms with Gasteiger partial charge < -0.3 is 14.2 Å². The van der Waals surface area contributed by atoms with Crippen LogP contribution < -0.4 is 0 Å². The minimum atomic E-state index is -0.403. The number of ether oxygens (including phenoxy) is 3. The van der Waals surface area contributed by atoms with Crippen molar-refractivity contribution in [1.82, 2.24) is 4.90 Å². The zero-order valence-electron chi connectivity index (χ0n) is 17.6. The molecule has 8 heteroatoms. The molecule has 0 aromatic rings. The Balaban J connectivity index is 1.89. The van der Waals surface area contributed by atoms with Crippen LogP contribution in [-0.4, -0.2) is 66.4 Å². The van der Waals surface area contributed by atoms with Gasteiger partial charge in [-0.1, -0.05) is 42.4 Å². The smallest absolute Gasteiger partial charge is 0.236 e. The standard InChI is InChI=1S/C20H33NO5S2/c1-20(2,3)28-27-9-7-6-8-14-12-21(18(23)10-15(14)22)19-11-16(25-5)17(26-19)13-24-4/h12,16-17,19H,6-11,13H2,1-5H3. The molecule has 1 saturated heterocycles. The largest absolute Gasteiger partial charge is 0.382 e. The molecule has 0 N–H and O–H groups in total. The fourth-order valence-electron chi connectivity index (χ4n) is 3.23. The van der Waals surface area contributed by atoms with Crippen LogP contribution in [0.1, 0.15) is 52.9 Å². The summed E-state index contributed by atoms with van der Waals surface area (Å²) in [5.74, 6) is 0.794. The average molecular weight is 432 g/mol. The van der Waals surface area contributed by atoms with Crippen LogP contribution in [0.5, 0.6) is 0 Å². The minimum absolute atomic E-state index is 0.0623. The number of Topliss-reactive ketones (excluding diaryl/α,β-unsaturated/α-hetero) is 1. The van der Waals surface area contributed by atoms with Crippen molar-refractivity contribution in [2.24, 2.45) is 0 Å². The van der Waals surface area contributed by atoms with Gasteiger partial charge in [0.15, 0.2) is 5.78 Å². The molecule has 28 heavy (non-hydrogen) atoms. The van der Waals surface area contributed by atoms with Crippen molar-refractivity contribution in [1.29, 1.82) is 0 Å². The van der Waals surface area contributed by atoms with Gasteiger partial charge in [-0.2, -0.15) is 0 Å². The normalized spacial score (nSPS) is 26.1. The third kappa shape index (κ3) is 7.06. The summed E-state index contributed by atoms with van der Waals surface area (Å²) < 4.78 is 16.9. The molecule has 2 heterocycles. The number of ketones is 1. The van der Waals surface area contributed by atoms with Gasteiger partial charge >= 0.3 is 0 Å². The lowest BCUT2D eigenvalue weighted by atomic mass is 9.99. The highest BCUT2D eigenvalue weighted by Crippen LogP contribution is 2.36. The molecule has 1 amide bonds. The van der Waals surface area contributed by atoms with Crippen LogP contribution in [0.25, 0.3) is 0 Å². The van der Waals surface area contributed by atoms with E-state index in [9.17, 15) is 9.59 Å². The molecular formula is C20H33NO5S2. The van der Waals surface area contributed by atoms with Crippen molar-refractivity contribution in [3.63, 3.8) is 0 Å². The number of unbranched alkanes of at least 4 members (excludes halogenated alkanes) is 1. The SMILES string of the molecule is COCC1OC(N2C=C(CCCCSSC(C)(C)C)C(=O)CC2=O)CC1OC. The van der Waals surface area contributed by atoms with Gasteiger partial charge in [-0.25, -0.2) is 0 Å². The molecule has 0 aromatic carbocycles. The van der Waals surface area contributed by atoms with E-state index in [1.807, 2.05) is 21.6 Å². The first kappa shape index (κ1) is 23.7. The van der Waals surface area contributed by atoms with E-state index in [1.54, 1.807) is 25.3 Å². The molecule has 0 spiro atoms. The Kier molecular flexibility index (Phi) is 9.34. The number of hydrogen-bond donors (Lipinski definition) is 0. The first-order chi connectivity index (χ1) is 13.2. The lowest BCUT2D eigenvalue weighted by Crippen LogP contribution is -2.41. The Hall–Kier alpha value is -0.540. The summed E-state index contributed by atoms with van der Waals surface area (Å²) in [7, 11) is 7.02. The summed E-state index contributed by atoms with van der Waals surface area (Å²) in [6.45, 7) is 7.03. The Labute approximate surface area is 176 Å². The first-order valence-corrected chi connectivity index (χ1v) is 12.1. The van der Waals surface area contributed by atoms with E-state index in [4.69, 9.17) is 14.2 Å². The summed E-state index contributed by atoms with van der Waals surface area (Å²) in [4.78, 5) is 26.3. The van der Waals surface area contributed by atoms with Gasteiger partial charge in [0.2, 0.25) is 5.91 Å². The maximum atomic E-state index is 12.4. The topological polar surface area (TPSA) is 65.1 Å². The number of rotatable bonds is 10. The third-order valence-electron chi connectivity index (χ3n) is 4.61. The van der Waals surface area contributed by atoms with Crippen molar-refractivity contribution in [3.8, 4) is 0 Å². The lowest BCUT2D eigenvalue weighted by Gasteiger charge is -2.29. The van der Waals surface area contributed by atoms with Crippen molar-refractivity contribution < 1.29 is 23.8 Å². The molecule has 0 saturated carbocycles. The van der Waals surface area contributed by atoms with Gasteiger partial charge in [-0.3, -0.25) is 14.5 Å². The molecule has 0 radical (unpaired) electrons. The second kappa shape index (κ2) is 11.0. The average Bonchev–Trinajstić information content (AvgIpc) is 3.01. The summed E-state index contributed by atoms with van der Waals surface area (Å²) in [6, 6.07) is 0. The van der Waals surface area contributed by atoms with E-state index in [0.717, 1.165) is 24.2 Å². The fraction of sp³-hybridized carbons (Fsp3) is 0.800. The number of carbonyl (C=O) groups excluding carboxylic acids is 2. The van der Waals surface area contributed by atoms with E-state index in [0.29, 0.717) is 19.4 Å². The monoisotopic (exact) mass is 431 g/mol. The second-order valence-corrected chi connectivity index (χ2v) is 11.4. The zero-order valence-corrected chi connectivity index (χ0v) is 19.2. The molecule has 3 unspecified atom stereocenters. The molecule has 2 aliphatic heterocycles. The van der Waals surface area contributed by atoms with Crippen LogP contribution in [0.2, 0.25) is 0 Å². The maximum Gasteiger partial charge on any atom is 0.236 e. The van der Waals surface area contributed by atoms with Gasteiger partial charge in [0.25, 0.3) is 0 Å². The molecule has 0 bridgehead atoms. The molecule has 3 atom stereocenters. The Bertz CT molecular complexity index is 575. The van der Waals surface area contributed by atoms with E-state index < -0.39 is 6.23 Å². The molecule has 2 aliphatic rings. The molecule has 1 fully saturated rings. The summed E-state index contributed by atoms with van der Waals surface area (Å²) in [5.41, 5.74) is 0.723. The summed E-state index contributed by atoms with van der Waals surface area (Å²) >= 11 is 0. The van der Waals surface area contributed by atoms with Crippen LogP contribution >= 0.6 is 21.6 Å². The quantitative estimate of drug-likeness (QED) is 0.296. The van der Waals surface area contributed by atoms with Crippen molar-refractivity contribution in [2.45, 2.75) is 76.1 Å². The van der Waals surface area contributed by atoms with Gasteiger partial charge in [0.1, 0.15) is 12.3 Å². The van der Waals surface area contributed by atoms with E-state index in [1.165, 1.54) is 0 Å².